The fourth-order valence-electron chi connectivity index (χ4n) is 9.14. The first kappa shape index (κ1) is 34.7. The SMILES string of the molecule is N#Cc1cc(-c2nc(-c3ccc4c(c3)sc3ccccc34)nc(-c3ccccc3)c2C#N)ccc1-n1c2ccccc2c2ccc3c4ccccc4n(-c4ccccc4)c3c21. The Kier molecular flexibility index (Phi) is 7.73. The second-order valence-electron chi connectivity index (χ2n) is 15.1. The monoisotopic (exact) mass is 794 g/mol. The quantitative estimate of drug-likeness (QED) is 0.174. The molecule has 12 aromatic rings. The van der Waals surface area contributed by atoms with Crippen LogP contribution in [0.1, 0.15) is 11.1 Å². The van der Waals surface area contributed by atoms with Gasteiger partial charge in [-0.3, -0.25) is 0 Å². The van der Waals surface area contributed by atoms with Crippen molar-refractivity contribution >= 4 is 75.1 Å². The number of fused-ring (bicyclic) bond motifs is 10. The minimum atomic E-state index is 0.348. The number of thiophene rings is 1. The Morgan fingerprint density at radius 3 is 1.69 bits per heavy atom. The van der Waals surface area contributed by atoms with Crippen LogP contribution in [0.4, 0.5) is 0 Å². The number of hydrogen-bond donors (Lipinski definition) is 0. The van der Waals surface area contributed by atoms with E-state index in [9.17, 15) is 10.5 Å². The zero-order valence-corrected chi connectivity index (χ0v) is 33.2. The van der Waals surface area contributed by atoms with Gasteiger partial charge in [-0.15, -0.1) is 11.3 Å². The molecule has 0 unspecified atom stereocenters. The molecule has 61 heavy (non-hydrogen) atoms. The first-order valence-corrected chi connectivity index (χ1v) is 20.8. The van der Waals surface area contributed by atoms with Gasteiger partial charge in [-0.05, 0) is 48.5 Å². The molecule has 7 heteroatoms. The normalized spacial score (nSPS) is 11.6. The molecule has 0 radical (unpaired) electrons. The summed E-state index contributed by atoms with van der Waals surface area (Å²) in [6, 6.07) is 67.2. The molecule has 0 aliphatic heterocycles. The Labute approximate surface area is 353 Å². The smallest absolute Gasteiger partial charge is 0.160 e. The van der Waals surface area contributed by atoms with E-state index in [1.807, 2.05) is 60.7 Å². The van der Waals surface area contributed by atoms with Crippen molar-refractivity contribution in [2.75, 3.05) is 0 Å². The molecular weight excluding hydrogens is 765 g/mol. The largest absolute Gasteiger partial charge is 0.307 e. The maximum atomic E-state index is 11.1. The third-order valence-corrected chi connectivity index (χ3v) is 13.0. The van der Waals surface area contributed by atoms with Gasteiger partial charge in [-0.1, -0.05) is 133 Å². The Morgan fingerprint density at radius 2 is 0.984 bits per heavy atom. The summed E-state index contributed by atoms with van der Waals surface area (Å²) in [5.74, 6) is 0.508. The number of hydrogen-bond acceptors (Lipinski definition) is 5. The summed E-state index contributed by atoms with van der Waals surface area (Å²) >= 11 is 1.74. The highest BCUT2D eigenvalue weighted by atomic mass is 32.1. The molecule has 4 heterocycles. The molecule has 0 saturated carbocycles. The van der Waals surface area contributed by atoms with Crippen LogP contribution in [0.15, 0.2) is 182 Å². The van der Waals surface area contributed by atoms with E-state index in [1.165, 1.54) is 15.5 Å². The van der Waals surface area contributed by atoms with Gasteiger partial charge >= 0.3 is 0 Å². The first-order chi connectivity index (χ1) is 30.2. The number of benzene rings is 8. The molecule has 282 valence electrons. The maximum absolute atomic E-state index is 11.1. The summed E-state index contributed by atoms with van der Waals surface area (Å²) in [6.45, 7) is 0. The minimum absolute atomic E-state index is 0.348. The van der Waals surface area contributed by atoms with E-state index in [2.05, 4.69) is 143 Å². The van der Waals surface area contributed by atoms with Gasteiger partial charge in [0.1, 0.15) is 17.7 Å². The highest BCUT2D eigenvalue weighted by Crippen LogP contribution is 2.43. The fourth-order valence-corrected chi connectivity index (χ4v) is 10.3. The van der Waals surface area contributed by atoms with Gasteiger partial charge in [-0.2, -0.15) is 10.5 Å². The standard InChI is InChI=1S/C54H30N6S/c55-31-36-29-34(51-44(32-56)50(33-13-3-1-4-14-33)57-54(58-51)35-23-25-41-40-19-9-12-22-48(40)61-49(41)30-35)24-28-45(36)60-47-21-11-8-18-39(47)43-27-26-42-38-17-7-10-20-46(38)59(52(42)53(43)60)37-15-5-2-6-16-37/h1-30H. The molecule has 12 rings (SSSR count). The summed E-state index contributed by atoms with van der Waals surface area (Å²) in [5.41, 5.74) is 10.1. The number of nitrogens with zero attached hydrogens (tertiary/aromatic N) is 6. The van der Waals surface area contributed by atoms with Crippen molar-refractivity contribution in [2.45, 2.75) is 0 Å². The Bertz CT molecular complexity index is 3840. The molecule has 8 aromatic carbocycles. The Balaban J connectivity index is 1.11. The maximum Gasteiger partial charge on any atom is 0.160 e. The molecule has 6 nitrogen and oxygen atoms in total. The lowest BCUT2D eigenvalue weighted by Gasteiger charge is -2.15. The average Bonchev–Trinajstić information content (AvgIpc) is 3.99. The zero-order valence-electron chi connectivity index (χ0n) is 32.4. The van der Waals surface area contributed by atoms with Crippen LogP contribution in [-0.4, -0.2) is 19.1 Å². The lowest BCUT2D eigenvalue weighted by molar-refractivity contribution is 1.14. The third-order valence-electron chi connectivity index (χ3n) is 11.8. The lowest BCUT2D eigenvalue weighted by atomic mass is 9.98. The highest BCUT2D eigenvalue weighted by molar-refractivity contribution is 7.25. The predicted molar refractivity (Wildman–Crippen MR) is 249 cm³/mol. The van der Waals surface area contributed by atoms with Gasteiger partial charge in [0.15, 0.2) is 5.82 Å². The van der Waals surface area contributed by atoms with Crippen molar-refractivity contribution in [3.8, 4) is 57.4 Å². The predicted octanol–water partition coefficient (Wildman–Crippen LogP) is 13.8. The molecule has 0 spiro atoms. The molecule has 4 aromatic heterocycles. The van der Waals surface area contributed by atoms with E-state index in [0.29, 0.717) is 33.9 Å². The van der Waals surface area contributed by atoms with Crippen molar-refractivity contribution < 1.29 is 0 Å². The first-order valence-electron chi connectivity index (χ1n) is 20.0. The van der Waals surface area contributed by atoms with E-state index in [-0.39, 0.29) is 0 Å². The van der Waals surface area contributed by atoms with Gasteiger partial charge in [0.05, 0.1) is 44.7 Å². The van der Waals surface area contributed by atoms with Crippen molar-refractivity contribution in [3.05, 3.63) is 193 Å². The summed E-state index contributed by atoms with van der Waals surface area (Å²) in [4.78, 5) is 10.2. The topological polar surface area (TPSA) is 83.2 Å². The van der Waals surface area contributed by atoms with Crippen molar-refractivity contribution in [2.24, 2.45) is 0 Å². The van der Waals surface area contributed by atoms with Crippen LogP contribution in [0.2, 0.25) is 0 Å². The van der Waals surface area contributed by atoms with Crippen LogP contribution < -0.4 is 0 Å². The zero-order chi connectivity index (χ0) is 40.6. The van der Waals surface area contributed by atoms with Gasteiger partial charge in [0, 0.05) is 64.1 Å². The molecule has 0 bridgehead atoms. The van der Waals surface area contributed by atoms with Crippen LogP contribution in [0.5, 0.6) is 0 Å². The van der Waals surface area contributed by atoms with E-state index >= 15 is 0 Å². The molecule has 0 fully saturated rings. The molecule has 0 saturated heterocycles. The van der Waals surface area contributed by atoms with Gasteiger partial charge < -0.3 is 9.13 Å². The fraction of sp³-hybridized carbons (Fsp3) is 0. The summed E-state index contributed by atoms with van der Waals surface area (Å²) < 4.78 is 6.93. The molecule has 0 N–H and O–H groups in total. The van der Waals surface area contributed by atoms with E-state index in [4.69, 9.17) is 9.97 Å². The summed E-state index contributed by atoms with van der Waals surface area (Å²) in [6.07, 6.45) is 0. The highest BCUT2D eigenvalue weighted by Gasteiger charge is 2.24. The molecule has 0 aliphatic rings. The average molecular weight is 795 g/mol. The van der Waals surface area contributed by atoms with E-state index in [1.54, 1.807) is 11.3 Å². The third kappa shape index (κ3) is 5.25. The van der Waals surface area contributed by atoms with Gasteiger partial charge in [0.25, 0.3) is 0 Å². The second kappa shape index (κ2) is 13.6. The van der Waals surface area contributed by atoms with Crippen LogP contribution in [0.25, 0.3) is 109 Å². The number of nitriles is 2. The van der Waals surface area contributed by atoms with Crippen LogP contribution in [-0.2, 0) is 0 Å². The number of para-hydroxylation sites is 3. The molecule has 0 atom stereocenters. The van der Waals surface area contributed by atoms with E-state index < -0.39 is 0 Å². The van der Waals surface area contributed by atoms with Crippen LogP contribution in [0.3, 0.4) is 0 Å². The van der Waals surface area contributed by atoms with Crippen molar-refractivity contribution in [1.29, 1.82) is 10.5 Å². The summed E-state index contributed by atoms with van der Waals surface area (Å²) in [7, 11) is 0. The number of rotatable bonds is 5. The van der Waals surface area contributed by atoms with Crippen molar-refractivity contribution in [3.63, 3.8) is 0 Å². The van der Waals surface area contributed by atoms with Crippen LogP contribution >= 0.6 is 11.3 Å². The van der Waals surface area contributed by atoms with Gasteiger partial charge in [0.2, 0.25) is 0 Å². The van der Waals surface area contributed by atoms with Crippen LogP contribution in [0, 0.1) is 22.7 Å². The molecular formula is C54H30N6S. The molecule has 0 aliphatic carbocycles. The Morgan fingerprint density at radius 1 is 0.426 bits per heavy atom. The van der Waals surface area contributed by atoms with Gasteiger partial charge in [-0.25, -0.2) is 9.97 Å². The minimum Gasteiger partial charge on any atom is -0.307 e. The summed E-state index contributed by atoms with van der Waals surface area (Å²) in [5, 5.41) is 28.8. The van der Waals surface area contributed by atoms with E-state index in [0.717, 1.165) is 70.8 Å². The van der Waals surface area contributed by atoms with Crippen molar-refractivity contribution in [1.82, 2.24) is 19.1 Å². The lowest BCUT2D eigenvalue weighted by Crippen LogP contribution is -2.03. The Hall–Kier alpha value is -8.36. The second-order valence-corrected chi connectivity index (χ2v) is 16.2. The number of aromatic nitrogens is 4. The molecule has 0 amide bonds.